The Hall–Kier alpha value is -0.930. The van der Waals surface area contributed by atoms with E-state index in [4.69, 9.17) is 0 Å². The Morgan fingerprint density at radius 3 is 0.917 bits per heavy atom. The summed E-state index contributed by atoms with van der Waals surface area (Å²) in [5.74, 6) is 0. The second-order valence-electron chi connectivity index (χ2n) is 12.2. The van der Waals surface area contributed by atoms with E-state index >= 15 is 0 Å². The zero-order chi connectivity index (χ0) is 25.5. The van der Waals surface area contributed by atoms with Crippen LogP contribution in [0.1, 0.15) is 74.9 Å². The molecule has 0 N–H and O–H groups in total. The Balaban J connectivity index is 1.76. The fraction of sp³-hybridized carbons (Fsp3) is 0.273. The Morgan fingerprint density at radius 1 is 0.417 bits per heavy atom. The van der Waals surface area contributed by atoms with Crippen molar-refractivity contribution < 1.29 is 0 Å². The van der Waals surface area contributed by atoms with E-state index in [0.29, 0.717) is 0 Å². The van der Waals surface area contributed by atoms with Crippen molar-refractivity contribution in [3.8, 4) is 33.4 Å². The molecule has 4 aromatic carbocycles. The molecular formula is C33H27I3. The van der Waals surface area contributed by atoms with Crippen molar-refractivity contribution in [1.82, 2.24) is 0 Å². The van der Waals surface area contributed by atoms with Gasteiger partial charge in [-0.25, -0.2) is 0 Å². The van der Waals surface area contributed by atoms with Crippen LogP contribution in [0, 0.1) is 10.7 Å². The first-order chi connectivity index (χ1) is 16.9. The van der Waals surface area contributed by atoms with E-state index in [0.717, 1.165) is 0 Å². The highest BCUT2D eigenvalue weighted by Gasteiger charge is 2.52. The molecule has 36 heavy (non-hydrogen) atoms. The second kappa shape index (κ2) is 7.38. The summed E-state index contributed by atoms with van der Waals surface area (Å²) in [7, 11) is 0. The molecular weight excluding hydrogens is 777 g/mol. The van der Waals surface area contributed by atoms with Gasteiger partial charge in [0.2, 0.25) is 0 Å². The summed E-state index contributed by atoms with van der Waals surface area (Å²) in [6.45, 7) is 14.7. The van der Waals surface area contributed by atoms with E-state index in [-0.39, 0.29) is 16.2 Å². The maximum absolute atomic E-state index is 2.48. The molecule has 0 unspecified atom stereocenters. The van der Waals surface area contributed by atoms with Gasteiger partial charge in [0.1, 0.15) is 0 Å². The van der Waals surface area contributed by atoms with Crippen LogP contribution in [0.3, 0.4) is 0 Å². The Morgan fingerprint density at radius 2 is 0.667 bits per heavy atom. The topological polar surface area (TPSA) is 0 Å². The minimum absolute atomic E-state index is 0.0646. The SMILES string of the molecule is CC1(C)c2cc(I)ccc2-c2c1c1c(c3c2C(C)(C)c2cc(I)ccc2-3)C(C)(C)c2cc(I)ccc2-1. The normalized spacial score (nSPS) is 18.2. The van der Waals surface area contributed by atoms with Crippen molar-refractivity contribution in [2.24, 2.45) is 0 Å². The lowest BCUT2D eigenvalue weighted by Crippen LogP contribution is -2.22. The highest BCUT2D eigenvalue weighted by Crippen LogP contribution is 2.67. The Labute approximate surface area is 255 Å². The van der Waals surface area contributed by atoms with Crippen LogP contribution in [-0.4, -0.2) is 0 Å². The molecule has 0 saturated heterocycles. The van der Waals surface area contributed by atoms with E-state index in [9.17, 15) is 0 Å². The molecule has 0 bridgehead atoms. The van der Waals surface area contributed by atoms with Gasteiger partial charge < -0.3 is 0 Å². The number of fused-ring (bicyclic) bond motifs is 12. The van der Waals surface area contributed by atoms with Crippen LogP contribution in [0.2, 0.25) is 0 Å². The van der Waals surface area contributed by atoms with Gasteiger partial charge in [-0.15, -0.1) is 0 Å². The number of halogens is 3. The van der Waals surface area contributed by atoms with Crippen LogP contribution in [-0.2, 0) is 16.2 Å². The average molecular weight is 804 g/mol. The fourth-order valence-corrected chi connectivity index (χ4v) is 9.07. The average Bonchev–Trinajstić information content (AvgIpc) is 3.27. The lowest BCUT2D eigenvalue weighted by molar-refractivity contribution is 0.635. The fourth-order valence-electron chi connectivity index (χ4n) is 7.59. The van der Waals surface area contributed by atoms with Gasteiger partial charge in [0, 0.05) is 27.0 Å². The van der Waals surface area contributed by atoms with Gasteiger partial charge in [0.05, 0.1) is 0 Å². The summed E-state index contributed by atoms with van der Waals surface area (Å²) in [6.07, 6.45) is 0. The van der Waals surface area contributed by atoms with E-state index in [2.05, 4.69) is 164 Å². The molecule has 3 aliphatic rings. The zero-order valence-electron chi connectivity index (χ0n) is 21.3. The van der Waals surface area contributed by atoms with Crippen molar-refractivity contribution in [1.29, 1.82) is 0 Å². The summed E-state index contributed by atoms with van der Waals surface area (Å²) in [6, 6.07) is 21.4. The van der Waals surface area contributed by atoms with Crippen molar-refractivity contribution in [2.45, 2.75) is 57.8 Å². The third-order valence-electron chi connectivity index (χ3n) is 9.15. The van der Waals surface area contributed by atoms with Gasteiger partial charge in [-0.2, -0.15) is 0 Å². The number of benzene rings is 4. The van der Waals surface area contributed by atoms with Crippen LogP contribution in [0.4, 0.5) is 0 Å². The molecule has 0 amide bonds. The number of rotatable bonds is 0. The Kier molecular flexibility index (Phi) is 4.95. The quantitative estimate of drug-likeness (QED) is 0.155. The monoisotopic (exact) mass is 804 g/mol. The molecule has 0 fully saturated rings. The van der Waals surface area contributed by atoms with Gasteiger partial charge in [-0.05, 0) is 171 Å². The lowest BCUT2D eigenvalue weighted by atomic mass is 9.71. The summed E-state index contributed by atoms with van der Waals surface area (Å²) >= 11 is 7.44. The van der Waals surface area contributed by atoms with Crippen LogP contribution < -0.4 is 0 Å². The summed E-state index contributed by atoms with van der Waals surface area (Å²) in [5.41, 5.74) is 17.6. The molecule has 3 heteroatoms. The van der Waals surface area contributed by atoms with Crippen LogP contribution >= 0.6 is 67.8 Å². The summed E-state index contributed by atoms with van der Waals surface area (Å²) in [4.78, 5) is 0. The van der Waals surface area contributed by atoms with Gasteiger partial charge in [-0.1, -0.05) is 59.7 Å². The summed E-state index contributed by atoms with van der Waals surface area (Å²) < 4.78 is 3.94. The van der Waals surface area contributed by atoms with E-state index in [1.807, 2.05) is 0 Å². The molecule has 3 aliphatic carbocycles. The third-order valence-corrected chi connectivity index (χ3v) is 11.2. The minimum Gasteiger partial charge on any atom is -0.0530 e. The van der Waals surface area contributed by atoms with E-state index in [1.54, 1.807) is 0 Å². The maximum atomic E-state index is 2.48. The minimum atomic E-state index is -0.0646. The first kappa shape index (κ1) is 24.1. The lowest BCUT2D eigenvalue weighted by Gasteiger charge is -2.31. The molecule has 7 rings (SSSR count). The van der Waals surface area contributed by atoms with Gasteiger partial charge >= 0.3 is 0 Å². The van der Waals surface area contributed by atoms with Crippen molar-refractivity contribution in [3.63, 3.8) is 0 Å². The van der Waals surface area contributed by atoms with E-state index < -0.39 is 0 Å². The molecule has 0 heterocycles. The first-order valence-electron chi connectivity index (χ1n) is 12.5. The van der Waals surface area contributed by atoms with E-state index in [1.165, 1.54) is 77.5 Å². The Bertz CT molecular complexity index is 1460. The molecule has 0 spiro atoms. The molecule has 0 aromatic heterocycles. The second-order valence-corrected chi connectivity index (χ2v) is 15.9. The number of hydrogen-bond acceptors (Lipinski definition) is 0. The first-order valence-corrected chi connectivity index (χ1v) is 15.8. The largest absolute Gasteiger partial charge is 0.0530 e. The molecule has 180 valence electrons. The predicted molar refractivity (Wildman–Crippen MR) is 177 cm³/mol. The molecule has 0 saturated carbocycles. The predicted octanol–water partition coefficient (Wildman–Crippen LogP) is 10.4. The van der Waals surface area contributed by atoms with Crippen molar-refractivity contribution in [3.05, 3.63) is 98.7 Å². The third kappa shape index (κ3) is 2.81. The molecule has 0 atom stereocenters. The maximum Gasteiger partial charge on any atom is 0.0165 e. The number of hydrogen-bond donors (Lipinski definition) is 0. The molecule has 0 radical (unpaired) electrons. The van der Waals surface area contributed by atoms with Gasteiger partial charge in [0.25, 0.3) is 0 Å². The van der Waals surface area contributed by atoms with Gasteiger partial charge in [0.15, 0.2) is 0 Å². The zero-order valence-corrected chi connectivity index (χ0v) is 27.8. The van der Waals surface area contributed by atoms with Crippen LogP contribution in [0.25, 0.3) is 33.4 Å². The highest BCUT2D eigenvalue weighted by atomic mass is 127. The molecule has 0 aliphatic heterocycles. The highest BCUT2D eigenvalue weighted by molar-refractivity contribution is 14.1. The van der Waals surface area contributed by atoms with Crippen LogP contribution in [0.15, 0.2) is 54.6 Å². The van der Waals surface area contributed by atoms with Crippen molar-refractivity contribution >= 4 is 67.8 Å². The van der Waals surface area contributed by atoms with Crippen molar-refractivity contribution in [2.75, 3.05) is 0 Å². The summed E-state index contributed by atoms with van der Waals surface area (Å²) in [5, 5.41) is 0. The van der Waals surface area contributed by atoms with Gasteiger partial charge in [-0.3, -0.25) is 0 Å². The standard InChI is InChI=1S/C33H27I3/c1-31(2)22-13-16(34)7-10-19(22)25-28(31)26-20-11-8-17(35)14-23(20)32(3,4)30(26)27-21-12-9-18(36)15-24(21)33(5,6)29(25)27/h7-15H,1-6H3. The molecule has 4 aromatic rings. The van der Waals surface area contributed by atoms with Crippen LogP contribution in [0.5, 0.6) is 0 Å². The molecule has 0 nitrogen and oxygen atoms in total. The smallest absolute Gasteiger partial charge is 0.0165 e.